The Balaban J connectivity index is 1.30. The quantitative estimate of drug-likeness (QED) is 0.409. The van der Waals surface area contributed by atoms with Crippen molar-refractivity contribution < 1.29 is 9.59 Å². The van der Waals surface area contributed by atoms with Crippen molar-refractivity contribution in [2.45, 2.75) is 12.8 Å². The van der Waals surface area contributed by atoms with E-state index in [1.807, 2.05) is 54.6 Å². The largest absolute Gasteiger partial charge is 0.355 e. The van der Waals surface area contributed by atoms with Crippen LogP contribution in [0.4, 0.5) is 11.5 Å². The van der Waals surface area contributed by atoms with Gasteiger partial charge in [-0.05, 0) is 43.2 Å². The van der Waals surface area contributed by atoms with Crippen LogP contribution in [0.15, 0.2) is 91.0 Å². The second-order valence-corrected chi connectivity index (χ2v) is 8.24. The summed E-state index contributed by atoms with van der Waals surface area (Å²) >= 11 is 0. The fraction of sp³-hybridized carbons (Fsp3) is 0.143. The van der Waals surface area contributed by atoms with E-state index in [1.165, 1.54) is 12.8 Å². The molecule has 2 heterocycles. The lowest BCUT2D eigenvalue weighted by Gasteiger charge is -2.15. The monoisotopic (exact) mass is 448 g/mol. The number of amides is 1. The molecule has 0 atom stereocenters. The van der Waals surface area contributed by atoms with Crippen LogP contribution in [0, 0.1) is 0 Å². The SMILES string of the molecule is O=C(Nc1ccc(-c2ccc(N3CCCC3)nn2)cc1)c1ccccc1C(=O)c1ccccc1. The first-order chi connectivity index (χ1) is 16.7. The number of anilines is 2. The summed E-state index contributed by atoms with van der Waals surface area (Å²) in [6, 6.07) is 27.2. The number of ketones is 1. The van der Waals surface area contributed by atoms with E-state index >= 15 is 0 Å². The molecule has 1 fully saturated rings. The molecule has 1 aliphatic rings. The Morgan fingerprint density at radius 1 is 0.706 bits per heavy atom. The molecule has 1 aliphatic heterocycles. The van der Waals surface area contributed by atoms with Crippen molar-refractivity contribution in [1.82, 2.24) is 10.2 Å². The summed E-state index contributed by atoms with van der Waals surface area (Å²) in [5.74, 6) is 0.397. The van der Waals surface area contributed by atoms with Crippen LogP contribution in [0.1, 0.15) is 39.1 Å². The molecular formula is C28H24N4O2. The molecule has 1 saturated heterocycles. The molecule has 1 amide bonds. The average molecular weight is 449 g/mol. The van der Waals surface area contributed by atoms with Crippen molar-refractivity contribution in [2.24, 2.45) is 0 Å². The number of aromatic nitrogens is 2. The van der Waals surface area contributed by atoms with Crippen LogP contribution in [-0.4, -0.2) is 35.0 Å². The van der Waals surface area contributed by atoms with Gasteiger partial charge in [-0.15, -0.1) is 10.2 Å². The molecule has 0 aliphatic carbocycles. The summed E-state index contributed by atoms with van der Waals surface area (Å²) in [5.41, 5.74) is 3.58. The van der Waals surface area contributed by atoms with E-state index in [0.717, 1.165) is 30.2 Å². The van der Waals surface area contributed by atoms with Gasteiger partial charge in [0.25, 0.3) is 5.91 Å². The minimum Gasteiger partial charge on any atom is -0.355 e. The van der Waals surface area contributed by atoms with E-state index in [-0.39, 0.29) is 11.7 Å². The summed E-state index contributed by atoms with van der Waals surface area (Å²) in [6.07, 6.45) is 2.39. The third-order valence-electron chi connectivity index (χ3n) is 5.97. The van der Waals surface area contributed by atoms with Gasteiger partial charge in [-0.3, -0.25) is 9.59 Å². The van der Waals surface area contributed by atoms with E-state index in [0.29, 0.717) is 22.4 Å². The number of hydrogen-bond acceptors (Lipinski definition) is 5. The highest BCUT2D eigenvalue weighted by atomic mass is 16.2. The summed E-state index contributed by atoms with van der Waals surface area (Å²) in [4.78, 5) is 28.2. The number of nitrogens with one attached hydrogen (secondary N) is 1. The lowest BCUT2D eigenvalue weighted by molar-refractivity contribution is 0.0996. The van der Waals surface area contributed by atoms with Crippen LogP contribution in [0.2, 0.25) is 0 Å². The number of hydrogen-bond donors (Lipinski definition) is 1. The van der Waals surface area contributed by atoms with Gasteiger partial charge in [0.15, 0.2) is 11.6 Å². The maximum atomic E-state index is 13.0. The molecule has 3 aromatic carbocycles. The Hall–Kier alpha value is -4.32. The zero-order valence-corrected chi connectivity index (χ0v) is 18.6. The van der Waals surface area contributed by atoms with Crippen molar-refractivity contribution in [2.75, 3.05) is 23.3 Å². The van der Waals surface area contributed by atoms with E-state index in [4.69, 9.17) is 0 Å². The summed E-state index contributed by atoms with van der Waals surface area (Å²) in [5, 5.41) is 11.6. The fourth-order valence-electron chi connectivity index (χ4n) is 4.14. The Morgan fingerprint density at radius 2 is 1.38 bits per heavy atom. The van der Waals surface area contributed by atoms with Gasteiger partial charge in [0.2, 0.25) is 0 Å². The van der Waals surface area contributed by atoms with Crippen LogP contribution in [0.5, 0.6) is 0 Å². The molecule has 1 N–H and O–H groups in total. The molecule has 6 nitrogen and oxygen atoms in total. The Bertz CT molecular complexity index is 1300. The van der Waals surface area contributed by atoms with Gasteiger partial charge >= 0.3 is 0 Å². The van der Waals surface area contributed by atoms with E-state index in [1.54, 1.807) is 36.4 Å². The number of carbonyl (C=O) groups excluding carboxylic acids is 2. The molecule has 4 aromatic rings. The standard InChI is InChI=1S/C28H24N4O2/c33-27(21-8-2-1-3-9-21)23-10-4-5-11-24(23)28(34)29-22-14-12-20(13-15-22)25-16-17-26(31-30-25)32-18-6-7-19-32/h1-5,8-17H,6-7,18-19H2,(H,29,34). The predicted molar refractivity (Wildman–Crippen MR) is 133 cm³/mol. The van der Waals surface area contributed by atoms with E-state index < -0.39 is 0 Å². The predicted octanol–water partition coefficient (Wildman–Crippen LogP) is 5.23. The number of rotatable bonds is 6. The maximum Gasteiger partial charge on any atom is 0.256 e. The lowest BCUT2D eigenvalue weighted by atomic mass is 9.98. The van der Waals surface area contributed by atoms with Crippen molar-refractivity contribution in [3.63, 3.8) is 0 Å². The van der Waals surface area contributed by atoms with Gasteiger partial charge in [0, 0.05) is 35.5 Å². The summed E-state index contributed by atoms with van der Waals surface area (Å²) in [6.45, 7) is 2.06. The Labute approximate surface area is 198 Å². The number of benzene rings is 3. The molecule has 0 spiro atoms. The molecule has 5 rings (SSSR count). The molecular weight excluding hydrogens is 424 g/mol. The topological polar surface area (TPSA) is 75.2 Å². The highest BCUT2D eigenvalue weighted by molar-refractivity contribution is 6.17. The number of nitrogens with zero attached hydrogens (tertiary/aromatic N) is 3. The zero-order chi connectivity index (χ0) is 23.3. The Morgan fingerprint density at radius 3 is 2.06 bits per heavy atom. The van der Waals surface area contributed by atoms with Crippen molar-refractivity contribution in [1.29, 1.82) is 0 Å². The van der Waals surface area contributed by atoms with Crippen molar-refractivity contribution in [3.05, 3.63) is 108 Å². The van der Waals surface area contributed by atoms with Crippen LogP contribution in [0.3, 0.4) is 0 Å². The molecule has 0 radical (unpaired) electrons. The lowest BCUT2D eigenvalue weighted by Crippen LogP contribution is -2.19. The first kappa shape index (κ1) is 21.5. The van der Waals surface area contributed by atoms with Gasteiger partial charge < -0.3 is 10.2 Å². The van der Waals surface area contributed by atoms with Gasteiger partial charge in [-0.25, -0.2) is 0 Å². The highest BCUT2D eigenvalue weighted by Gasteiger charge is 2.18. The third kappa shape index (κ3) is 4.57. The molecule has 0 saturated carbocycles. The average Bonchev–Trinajstić information content (AvgIpc) is 3.44. The van der Waals surface area contributed by atoms with Crippen LogP contribution < -0.4 is 10.2 Å². The maximum absolute atomic E-state index is 13.0. The smallest absolute Gasteiger partial charge is 0.256 e. The fourth-order valence-corrected chi connectivity index (χ4v) is 4.14. The molecule has 0 unspecified atom stereocenters. The van der Waals surface area contributed by atoms with Crippen molar-refractivity contribution >= 4 is 23.2 Å². The van der Waals surface area contributed by atoms with Gasteiger partial charge in [-0.1, -0.05) is 60.7 Å². The summed E-state index contributed by atoms with van der Waals surface area (Å²) in [7, 11) is 0. The third-order valence-corrected chi connectivity index (χ3v) is 5.97. The van der Waals surface area contributed by atoms with Gasteiger partial charge in [-0.2, -0.15) is 0 Å². The van der Waals surface area contributed by atoms with Gasteiger partial charge in [0.1, 0.15) is 0 Å². The molecule has 6 heteroatoms. The molecule has 168 valence electrons. The van der Waals surface area contributed by atoms with Gasteiger partial charge in [0.05, 0.1) is 11.3 Å². The van der Waals surface area contributed by atoms with Crippen LogP contribution in [-0.2, 0) is 0 Å². The van der Waals surface area contributed by atoms with E-state index in [9.17, 15) is 9.59 Å². The molecule has 0 bridgehead atoms. The zero-order valence-electron chi connectivity index (χ0n) is 18.6. The first-order valence-corrected chi connectivity index (χ1v) is 11.4. The number of carbonyl (C=O) groups is 2. The second kappa shape index (κ2) is 9.67. The van der Waals surface area contributed by atoms with Crippen LogP contribution >= 0.6 is 0 Å². The van der Waals surface area contributed by atoms with E-state index in [2.05, 4.69) is 20.4 Å². The molecule has 1 aromatic heterocycles. The minimum atomic E-state index is -0.331. The van der Waals surface area contributed by atoms with Crippen molar-refractivity contribution in [3.8, 4) is 11.3 Å². The minimum absolute atomic E-state index is 0.183. The summed E-state index contributed by atoms with van der Waals surface area (Å²) < 4.78 is 0. The normalized spacial score (nSPS) is 13.0. The Kier molecular flexibility index (Phi) is 6.12. The highest BCUT2D eigenvalue weighted by Crippen LogP contribution is 2.23. The first-order valence-electron chi connectivity index (χ1n) is 11.4. The molecule has 34 heavy (non-hydrogen) atoms. The second-order valence-electron chi connectivity index (χ2n) is 8.24. The van der Waals surface area contributed by atoms with Crippen LogP contribution in [0.25, 0.3) is 11.3 Å².